The lowest BCUT2D eigenvalue weighted by atomic mass is 10.0. The Hall–Kier alpha value is -0.940. The summed E-state index contributed by atoms with van der Waals surface area (Å²) in [5, 5.41) is 27.7. The maximum absolute atomic E-state index is 10.1. The average molecular weight is 173 g/mol. The Bertz CT molecular complexity index is 211. The number of hydrogen-bond acceptors (Lipinski definition) is 4. The van der Waals surface area contributed by atoms with Crippen LogP contribution in [-0.2, 0) is 0 Å². The third-order valence-corrected chi connectivity index (χ3v) is 2.03. The molecule has 0 radical (unpaired) electrons. The molecule has 0 aliphatic heterocycles. The van der Waals surface area contributed by atoms with Crippen molar-refractivity contribution in [3.63, 3.8) is 0 Å². The Balaban J connectivity index is 2.56. The van der Waals surface area contributed by atoms with Crippen molar-refractivity contribution in [3.05, 3.63) is 21.8 Å². The smallest absolute Gasteiger partial charge is 0.210 e. The molecule has 1 atom stereocenters. The summed E-state index contributed by atoms with van der Waals surface area (Å²) >= 11 is 0. The first-order valence-corrected chi connectivity index (χ1v) is 3.79. The average Bonchev–Trinajstić information content (AvgIpc) is 2.33. The molecule has 0 heterocycles. The van der Waals surface area contributed by atoms with E-state index < -0.39 is 11.2 Å². The predicted molar refractivity (Wildman–Crippen MR) is 40.9 cm³/mol. The van der Waals surface area contributed by atoms with Gasteiger partial charge in [-0.15, -0.1) is 0 Å². The van der Waals surface area contributed by atoms with Crippen LogP contribution in [0, 0.1) is 16.0 Å². The topological polar surface area (TPSA) is 83.6 Å². The highest BCUT2D eigenvalue weighted by Crippen LogP contribution is 2.27. The first kappa shape index (κ1) is 9.15. The maximum Gasteiger partial charge on any atom is 0.210 e. The summed E-state index contributed by atoms with van der Waals surface area (Å²) in [5.74, 6) is -0.292. The lowest BCUT2D eigenvalue weighted by Gasteiger charge is -2.11. The second-order valence-electron chi connectivity index (χ2n) is 2.87. The van der Waals surface area contributed by atoms with Crippen LogP contribution in [0.15, 0.2) is 11.6 Å². The van der Waals surface area contributed by atoms with E-state index in [1.165, 1.54) is 0 Å². The molecule has 0 fully saturated rings. The molecule has 0 saturated carbocycles. The predicted octanol–water partition coefficient (Wildman–Crippen LogP) is -0.0898. The van der Waals surface area contributed by atoms with E-state index >= 15 is 0 Å². The van der Waals surface area contributed by atoms with Crippen molar-refractivity contribution >= 4 is 0 Å². The third-order valence-electron chi connectivity index (χ3n) is 2.03. The molecule has 0 aromatic carbocycles. The van der Waals surface area contributed by atoms with Crippen LogP contribution in [0.2, 0.25) is 0 Å². The van der Waals surface area contributed by atoms with E-state index in [2.05, 4.69) is 0 Å². The molecule has 68 valence electrons. The first-order valence-electron chi connectivity index (χ1n) is 3.79. The summed E-state index contributed by atoms with van der Waals surface area (Å²) in [4.78, 5) is 9.71. The molecule has 1 rings (SSSR count). The Morgan fingerprint density at radius 1 is 1.75 bits per heavy atom. The van der Waals surface area contributed by atoms with E-state index in [9.17, 15) is 10.1 Å². The molecule has 1 aliphatic carbocycles. The fourth-order valence-electron chi connectivity index (χ4n) is 1.48. The Morgan fingerprint density at radius 3 is 2.92 bits per heavy atom. The van der Waals surface area contributed by atoms with Crippen LogP contribution in [0.25, 0.3) is 0 Å². The number of nitrogens with zero attached hydrogens (tertiary/aromatic N) is 1. The highest BCUT2D eigenvalue weighted by molar-refractivity contribution is 5.14. The van der Waals surface area contributed by atoms with Gasteiger partial charge in [0.1, 0.15) is 0 Å². The molecule has 1 unspecified atom stereocenters. The van der Waals surface area contributed by atoms with Gasteiger partial charge < -0.3 is 10.2 Å². The van der Waals surface area contributed by atoms with Crippen molar-refractivity contribution in [2.45, 2.75) is 19.1 Å². The Labute approximate surface area is 69.5 Å². The van der Waals surface area contributed by atoms with Gasteiger partial charge in [-0.2, -0.15) is 0 Å². The SMILES string of the molecule is O=[N+]([O-])CC1CCC=C1C(O)O. The van der Waals surface area contributed by atoms with Crippen LogP contribution in [0.4, 0.5) is 0 Å². The zero-order chi connectivity index (χ0) is 9.14. The molecule has 0 aromatic heterocycles. The number of aliphatic hydroxyl groups excluding tert-OH is 1. The van der Waals surface area contributed by atoms with E-state index in [-0.39, 0.29) is 12.5 Å². The highest BCUT2D eigenvalue weighted by atomic mass is 16.6. The van der Waals surface area contributed by atoms with Gasteiger partial charge in [-0.1, -0.05) is 6.08 Å². The highest BCUT2D eigenvalue weighted by Gasteiger charge is 2.27. The van der Waals surface area contributed by atoms with E-state index in [0.29, 0.717) is 18.4 Å². The molecular formula is C7H11NO4. The Morgan fingerprint density at radius 2 is 2.42 bits per heavy atom. The summed E-state index contributed by atoms with van der Waals surface area (Å²) in [6, 6.07) is 0. The van der Waals surface area contributed by atoms with Crippen molar-refractivity contribution < 1.29 is 15.1 Å². The summed E-state index contributed by atoms with van der Waals surface area (Å²) in [5.41, 5.74) is 0.395. The number of rotatable bonds is 3. The van der Waals surface area contributed by atoms with Crippen molar-refractivity contribution in [3.8, 4) is 0 Å². The van der Waals surface area contributed by atoms with Gasteiger partial charge in [0.25, 0.3) is 0 Å². The quantitative estimate of drug-likeness (QED) is 0.270. The van der Waals surface area contributed by atoms with Crippen molar-refractivity contribution in [2.75, 3.05) is 6.54 Å². The molecule has 0 aromatic rings. The lowest BCUT2D eigenvalue weighted by Crippen LogP contribution is -2.20. The van der Waals surface area contributed by atoms with Crippen LogP contribution < -0.4 is 0 Å². The van der Waals surface area contributed by atoms with Crippen LogP contribution in [-0.4, -0.2) is 28.0 Å². The molecule has 5 heteroatoms. The zero-order valence-corrected chi connectivity index (χ0v) is 6.51. The van der Waals surface area contributed by atoms with Crippen LogP contribution in [0.5, 0.6) is 0 Å². The summed E-state index contributed by atoms with van der Waals surface area (Å²) in [7, 11) is 0. The second kappa shape index (κ2) is 3.64. The molecule has 1 aliphatic rings. The molecule has 12 heavy (non-hydrogen) atoms. The Kier molecular flexibility index (Phi) is 2.78. The number of aliphatic hydroxyl groups is 2. The number of hydrogen-bond donors (Lipinski definition) is 2. The minimum absolute atomic E-state index is 0.205. The molecule has 2 N–H and O–H groups in total. The molecule has 0 saturated heterocycles. The van der Waals surface area contributed by atoms with E-state index in [1.54, 1.807) is 6.08 Å². The van der Waals surface area contributed by atoms with Crippen molar-refractivity contribution in [1.29, 1.82) is 0 Å². The van der Waals surface area contributed by atoms with Gasteiger partial charge >= 0.3 is 0 Å². The fraction of sp³-hybridized carbons (Fsp3) is 0.714. The van der Waals surface area contributed by atoms with Crippen molar-refractivity contribution in [1.82, 2.24) is 0 Å². The third kappa shape index (κ3) is 2.02. The van der Waals surface area contributed by atoms with Gasteiger partial charge in [-0.3, -0.25) is 10.1 Å². The molecular weight excluding hydrogens is 162 g/mol. The molecule has 0 amide bonds. The maximum atomic E-state index is 10.1. The second-order valence-corrected chi connectivity index (χ2v) is 2.87. The van der Waals surface area contributed by atoms with Gasteiger partial charge in [-0.25, -0.2) is 0 Å². The van der Waals surface area contributed by atoms with Crippen LogP contribution in [0.1, 0.15) is 12.8 Å². The largest absolute Gasteiger partial charge is 0.365 e. The molecule has 0 spiro atoms. The van der Waals surface area contributed by atoms with Gasteiger partial charge in [0.15, 0.2) is 6.29 Å². The van der Waals surface area contributed by atoms with Crippen molar-refractivity contribution in [2.24, 2.45) is 5.92 Å². The fourth-order valence-corrected chi connectivity index (χ4v) is 1.48. The van der Waals surface area contributed by atoms with Gasteiger partial charge in [0.2, 0.25) is 6.54 Å². The molecule has 5 nitrogen and oxygen atoms in total. The van der Waals surface area contributed by atoms with Crippen LogP contribution in [0.3, 0.4) is 0 Å². The summed E-state index contributed by atoms with van der Waals surface area (Å²) in [6.45, 7) is -0.205. The van der Waals surface area contributed by atoms with E-state index in [1.807, 2.05) is 0 Å². The van der Waals surface area contributed by atoms with Gasteiger partial charge in [-0.05, 0) is 18.4 Å². The van der Waals surface area contributed by atoms with Gasteiger partial charge in [0, 0.05) is 10.8 Å². The lowest BCUT2D eigenvalue weighted by molar-refractivity contribution is -0.486. The monoisotopic (exact) mass is 173 g/mol. The number of nitro groups is 1. The number of allylic oxidation sites excluding steroid dienone is 1. The van der Waals surface area contributed by atoms with E-state index in [0.717, 1.165) is 0 Å². The first-order chi connectivity index (χ1) is 5.61. The van der Waals surface area contributed by atoms with Crippen LogP contribution >= 0.6 is 0 Å². The minimum atomic E-state index is -1.53. The zero-order valence-electron chi connectivity index (χ0n) is 6.51. The van der Waals surface area contributed by atoms with E-state index in [4.69, 9.17) is 10.2 Å². The van der Waals surface area contributed by atoms with Gasteiger partial charge in [0.05, 0.1) is 0 Å². The standard InChI is InChI=1S/C7H11NO4/c9-7(10)6-3-1-2-5(6)4-8(11)12/h3,5,7,9-10H,1-2,4H2. The normalized spacial score (nSPS) is 22.9. The minimum Gasteiger partial charge on any atom is -0.365 e. The molecule has 0 bridgehead atoms. The summed E-state index contributed by atoms with van der Waals surface area (Å²) < 4.78 is 0. The summed E-state index contributed by atoms with van der Waals surface area (Å²) in [6.07, 6.45) is 1.48.